The van der Waals surface area contributed by atoms with Crippen LogP contribution in [-0.2, 0) is 0 Å². The molecule has 62 valence electrons. The summed E-state index contributed by atoms with van der Waals surface area (Å²) in [6.45, 7) is 5.26. The van der Waals surface area contributed by atoms with Gasteiger partial charge in [-0.25, -0.2) is 0 Å². The minimum atomic E-state index is 0.329. The van der Waals surface area contributed by atoms with Crippen molar-refractivity contribution in [3.05, 3.63) is 23.9 Å². The molecule has 0 radical (unpaired) electrons. The number of likely N-dealkylation sites (N-methyl/N-ethyl adjacent to an activating group) is 1. The smallest absolute Gasteiger partial charge is 0.0959 e. The minimum Gasteiger partial charge on any atom is -0.372 e. The lowest BCUT2D eigenvalue weighted by Gasteiger charge is -2.18. The van der Waals surface area contributed by atoms with E-state index in [1.54, 1.807) is 0 Å². The van der Waals surface area contributed by atoms with Crippen LogP contribution in [0.1, 0.15) is 20.3 Å². The first kappa shape index (κ1) is 8.34. The minimum absolute atomic E-state index is 0.329. The van der Waals surface area contributed by atoms with Gasteiger partial charge in [0.05, 0.1) is 6.17 Å². The molecule has 2 heteroatoms. The third-order valence-corrected chi connectivity index (χ3v) is 1.78. The van der Waals surface area contributed by atoms with E-state index in [9.17, 15) is 0 Å². The summed E-state index contributed by atoms with van der Waals surface area (Å²) < 4.78 is 0. The zero-order chi connectivity index (χ0) is 8.10. The molecule has 2 N–H and O–H groups in total. The van der Waals surface area contributed by atoms with Crippen LogP contribution in [0.2, 0.25) is 0 Å². The predicted octanol–water partition coefficient (Wildman–Crippen LogP) is 1.38. The molecule has 11 heavy (non-hydrogen) atoms. The number of hydrogen-bond acceptors (Lipinski definition) is 2. The van der Waals surface area contributed by atoms with Crippen LogP contribution in [0.5, 0.6) is 0 Å². The fourth-order valence-electron chi connectivity index (χ4n) is 1.09. The summed E-state index contributed by atoms with van der Waals surface area (Å²) in [4.78, 5) is 0. The third kappa shape index (κ3) is 2.39. The van der Waals surface area contributed by atoms with Crippen LogP contribution in [0.15, 0.2) is 23.9 Å². The zero-order valence-corrected chi connectivity index (χ0v) is 7.22. The van der Waals surface area contributed by atoms with E-state index in [1.807, 2.05) is 0 Å². The fraction of sp³-hybridized carbons (Fsp3) is 0.556. The number of hydrogen-bond donors (Lipinski definition) is 2. The summed E-state index contributed by atoms with van der Waals surface area (Å²) in [7, 11) is 0. The van der Waals surface area contributed by atoms with Crippen LogP contribution in [0, 0.1) is 0 Å². The average molecular weight is 152 g/mol. The number of dihydropyridines is 1. The topological polar surface area (TPSA) is 24.1 Å². The van der Waals surface area contributed by atoms with Gasteiger partial charge in [-0.2, -0.15) is 0 Å². The van der Waals surface area contributed by atoms with Gasteiger partial charge >= 0.3 is 0 Å². The quantitative estimate of drug-likeness (QED) is 0.638. The maximum absolute atomic E-state index is 3.29. The normalized spacial score (nSPS) is 22.7. The maximum atomic E-state index is 3.29. The second-order valence-corrected chi connectivity index (χ2v) is 2.63. The van der Waals surface area contributed by atoms with E-state index in [1.165, 1.54) is 5.57 Å². The Morgan fingerprint density at radius 3 is 2.82 bits per heavy atom. The first-order chi connectivity index (χ1) is 5.36. The SMILES string of the molecule is CCNC1C=CC(CC)=CN1. The molecule has 0 bridgehead atoms. The predicted molar refractivity (Wildman–Crippen MR) is 48.1 cm³/mol. The van der Waals surface area contributed by atoms with Crippen molar-refractivity contribution in [1.29, 1.82) is 0 Å². The second kappa shape index (κ2) is 4.19. The molecule has 0 spiro atoms. The Bertz CT molecular complexity index is 170. The highest BCUT2D eigenvalue weighted by Crippen LogP contribution is 2.05. The molecule has 1 aliphatic heterocycles. The van der Waals surface area contributed by atoms with Gasteiger partial charge in [0, 0.05) is 6.20 Å². The third-order valence-electron chi connectivity index (χ3n) is 1.78. The van der Waals surface area contributed by atoms with Gasteiger partial charge in [-0.05, 0) is 24.6 Å². The molecule has 0 fully saturated rings. The maximum Gasteiger partial charge on any atom is 0.0959 e. The van der Waals surface area contributed by atoms with Crippen LogP contribution in [0.3, 0.4) is 0 Å². The summed E-state index contributed by atoms with van der Waals surface area (Å²) in [6.07, 6.45) is 7.83. The van der Waals surface area contributed by atoms with E-state index in [4.69, 9.17) is 0 Å². The molecule has 1 unspecified atom stereocenters. The molecule has 0 aromatic carbocycles. The Labute approximate surface area is 68.4 Å². The Kier molecular flexibility index (Phi) is 3.17. The Morgan fingerprint density at radius 1 is 1.55 bits per heavy atom. The molecule has 0 saturated carbocycles. The number of allylic oxidation sites excluding steroid dienone is 2. The van der Waals surface area contributed by atoms with Gasteiger partial charge < -0.3 is 5.32 Å². The summed E-state index contributed by atoms with van der Waals surface area (Å²) >= 11 is 0. The summed E-state index contributed by atoms with van der Waals surface area (Å²) in [5.41, 5.74) is 1.36. The van der Waals surface area contributed by atoms with Gasteiger partial charge in [-0.1, -0.05) is 19.9 Å². The Hall–Kier alpha value is -0.760. The first-order valence-corrected chi connectivity index (χ1v) is 4.23. The van der Waals surface area contributed by atoms with Crippen LogP contribution in [0.25, 0.3) is 0 Å². The van der Waals surface area contributed by atoms with Gasteiger partial charge in [0.2, 0.25) is 0 Å². The van der Waals surface area contributed by atoms with Crippen LogP contribution in [0.4, 0.5) is 0 Å². The van der Waals surface area contributed by atoms with E-state index >= 15 is 0 Å². The van der Waals surface area contributed by atoms with E-state index in [0.717, 1.165) is 13.0 Å². The van der Waals surface area contributed by atoms with Crippen molar-refractivity contribution in [3.8, 4) is 0 Å². The van der Waals surface area contributed by atoms with Gasteiger partial charge in [-0.3, -0.25) is 5.32 Å². The van der Waals surface area contributed by atoms with Crippen molar-refractivity contribution in [1.82, 2.24) is 10.6 Å². The first-order valence-electron chi connectivity index (χ1n) is 4.23. The van der Waals surface area contributed by atoms with E-state index in [2.05, 4.69) is 42.8 Å². The average Bonchev–Trinajstić information content (AvgIpc) is 2.07. The highest BCUT2D eigenvalue weighted by Gasteiger charge is 2.03. The molecule has 1 aliphatic rings. The Balaban J connectivity index is 2.37. The Morgan fingerprint density at radius 2 is 2.36 bits per heavy atom. The van der Waals surface area contributed by atoms with Crippen LogP contribution >= 0.6 is 0 Å². The van der Waals surface area contributed by atoms with Crippen molar-refractivity contribution in [3.63, 3.8) is 0 Å². The van der Waals surface area contributed by atoms with E-state index < -0.39 is 0 Å². The largest absolute Gasteiger partial charge is 0.372 e. The van der Waals surface area contributed by atoms with Crippen molar-refractivity contribution in [2.24, 2.45) is 0 Å². The van der Waals surface area contributed by atoms with Gasteiger partial charge in [0.1, 0.15) is 0 Å². The second-order valence-electron chi connectivity index (χ2n) is 2.63. The molecular weight excluding hydrogens is 136 g/mol. The van der Waals surface area contributed by atoms with Crippen LogP contribution in [-0.4, -0.2) is 12.7 Å². The molecule has 1 heterocycles. The van der Waals surface area contributed by atoms with Crippen molar-refractivity contribution in [2.45, 2.75) is 26.4 Å². The highest BCUT2D eigenvalue weighted by molar-refractivity contribution is 5.23. The summed E-state index contributed by atoms with van der Waals surface area (Å²) in [6, 6.07) is 0. The summed E-state index contributed by atoms with van der Waals surface area (Å²) in [5.74, 6) is 0. The van der Waals surface area contributed by atoms with Gasteiger partial charge in [0.25, 0.3) is 0 Å². The molecule has 0 aliphatic carbocycles. The number of rotatable bonds is 3. The lowest BCUT2D eigenvalue weighted by Crippen LogP contribution is -2.39. The monoisotopic (exact) mass is 152 g/mol. The number of nitrogens with one attached hydrogen (secondary N) is 2. The molecule has 2 nitrogen and oxygen atoms in total. The van der Waals surface area contributed by atoms with Crippen molar-refractivity contribution >= 4 is 0 Å². The molecular formula is C9H16N2. The van der Waals surface area contributed by atoms with Gasteiger partial charge in [-0.15, -0.1) is 0 Å². The molecule has 0 aromatic rings. The van der Waals surface area contributed by atoms with Crippen molar-refractivity contribution in [2.75, 3.05) is 6.54 Å². The molecule has 1 rings (SSSR count). The lowest BCUT2D eigenvalue weighted by atomic mass is 10.1. The van der Waals surface area contributed by atoms with Crippen LogP contribution < -0.4 is 10.6 Å². The zero-order valence-electron chi connectivity index (χ0n) is 7.22. The van der Waals surface area contributed by atoms with Gasteiger partial charge in [0.15, 0.2) is 0 Å². The molecule has 0 saturated heterocycles. The highest BCUT2D eigenvalue weighted by atomic mass is 15.1. The van der Waals surface area contributed by atoms with E-state index in [-0.39, 0.29) is 0 Å². The van der Waals surface area contributed by atoms with E-state index in [0.29, 0.717) is 6.17 Å². The summed E-state index contributed by atoms with van der Waals surface area (Å²) in [5, 5.41) is 6.55. The standard InChI is InChI=1S/C9H16N2/c1-3-8-5-6-9(10-4-2)11-7-8/h5-7,9-11H,3-4H2,1-2H3. The van der Waals surface area contributed by atoms with Crippen molar-refractivity contribution < 1.29 is 0 Å². The fourth-order valence-corrected chi connectivity index (χ4v) is 1.09. The lowest BCUT2D eigenvalue weighted by molar-refractivity contribution is 0.561. The molecule has 0 amide bonds. The molecule has 0 aromatic heterocycles. The molecule has 1 atom stereocenters.